The second-order valence-corrected chi connectivity index (χ2v) is 5.66. The van der Waals surface area contributed by atoms with Gasteiger partial charge >= 0.3 is 0 Å². The van der Waals surface area contributed by atoms with Gasteiger partial charge in [-0.1, -0.05) is 27.7 Å². The molecular formula is C16H27N3O. The summed E-state index contributed by atoms with van der Waals surface area (Å²) in [7, 11) is 0. The second-order valence-electron chi connectivity index (χ2n) is 5.66. The molecule has 4 heteroatoms. The van der Waals surface area contributed by atoms with Crippen LogP contribution in [0, 0.1) is 5.92 Å². The number of nitrogens with two attached hydrogens (primary N) is 2. The van der Waals surface area contributed by atoms with Gasteiger partial charge in [-0.25, -0.2) is 0 Å². The number of rotatable bonds is 7. The van der Waals surface area contributed by atoms with Gasteiger partial charge in [-0.3, -0.25) is 4.79 Å². The van der Waals surface area contributed by atoms with Gasteiger partial charge in [0.15, 0.2) is 0 Å². The molecule has 1 aromatic carbocycles. The highest BCUT2D eigenvalue weighted by Gasteiger charge is 2.21. The van der Waals surface area contributed by atoms with E-state index >= 15 is 0 Å². The quantitative estimate of drug-likeness (QED) is 0.752. The van der Waals surface area contributed by atoms with Crippen molar-refractivity contribution in [2.75, 3.05) is 17.2 Å². The van der Waals surface area contributed by atoms with E-state index in [2.05, 4.69) is 32.6 Å². The lowest BCUT2D eigenvalue weighted by Gasteiger charge is -2.35. The summed E-state index contributed by atoms with van der Waals surface area (Å²) < 4.78 is 0. The topological polar surface area (TPSA) is 72.3 Å². The van der Waals surface area contributed by atoms with Gasteiger partial charge in [0.25, 0.3) is 5.91 Å². The lowest BCUT2D eigenvalue weighted by Crippen LogP contribution is -2.38. The summed E-state index contributed by atoms with van der Waals surface area (Å²) in [5.74, 6) is 0.0949. The Hall–Kier alpha value is -1.71. The molecule has 112 valence electrons. The third kappa shape index (κ3) is 3.89. The molecule has 1 rings (SSSR count). The van der Waals surface area contributed by atoms with E-state index in [1.807, 2.05) is 6.07 Å². The molecule has 1 amide bonds. The van der Waals surface area contributed by atoms with Crippen molar-refractivity contribution in [1.29, 1.82) is 0 Å². The summed E-state index contributed by atoms with van der Waals surface area (Å²) in [4.78, 5) is 14.0. The Kier molecular flexibility index (Phi) is 5.86. The number of amides is 1. The number of carbonyl (C=O) groups excluding carboxylic acids is 1. The molecule has 0 aromatic heterocycles. The van der Waals surface area contributed by atoms with Crippen molar-refractivity contribution in [2.24, 2.45) is 11.7 Å². The number of hydrogen-bond acceptors (Lipinski definition) is 3. The van der Waals surface area contributed by atoms with E-state index in [-0.39, 0.29) is 0 Å². The van der Waals surface area contributed by atoms with Gasteiger partial charge in [-0.2, -0.15) is 0 Å². The van der Waals surface area contributed by atoms with Gasteiger partial charge in [0.2, 0.25) is 0 Å². The standard InChI is InChI=1S/C16H27N3O/c1-5-13(6-2)19(10-11(3)4)15-9-12(17)7-8-14(15)16(18)20/h7-9,11,13H,5-6,10,17H2,1-4H3,(H2,18,20). The van der Waals surface area contributed by atoms with Crippen LogP contribution in [0.15, 0.2) is 18.2 Å². The van der Waals surface area contributed by atoms with Crippen LogP contribution in [-0.2, 0) is 0 Å². The SMILES string of the molecule is CCC(CC)N(CC(C)C)c1cc(N)ccc1C(N)=O. The van der Waals surface area contributed by atoms with Crippen LogP contribution in [0.25, 0.3) is 0 Å². The summed E-state index contributed by atoms with van der Waals surface area (Å²) in [5.41, 5.74) is 13.5. The molecule has 4 nitrogen and oxygen atoms in total. The van der Waals surface area contributed by atoms with Crippen molar-refractivity contribution in [1.82, 2.24) is 0 Å². The van der Waals surface area contributed by atoms with Gasteiger partial charge in [0, 0.05) is 18.3 Å². The molecule has 0 aliphatic heterocycles. The van der Waals surface area contributed by atoms with Crippen LogP contribution in [0.4, 0.5) is 11.4 Å². The normalized spacial score (nSPS) is 11.1. The van der Waals surface area contributed by atoms with Gasteiger partial charge in [0.1, 0.15) is 0 Å². The minimum Gasteiger partial charge on any atom is -0.399 e. The zero-order valence-electron chi connectivity index (χ0n) is 13.0. The van der Waals surface area contributed by atoms with Crippen LogP contribution in [-0.4, -0.2) is 18.5 Å². The average Bonchev–Trinajstić information content (AvgIpc) is 2.38. The Morgan fingerprint density at radius 3 is 2.30 bits per heavy atom. The van der Waals surface area contributed by atoms with E-state index in [0.717, 1.165) is 25.1 Å². The van der Waals surface area contributed by atoms with Crippen molar-refractivity contribution in [3.63, 3.8) is 0 Å². The second kappa shape index (κ2) is 7.17. The number of anilines is 2. The predicted molar refractivity (Wildman–Crippen MR) is 85.9 cm³/mol. The van der Waals surface area contributed by atoms with Gasteiger partial charge in [-0.15, -0.1) is 0 Å². The fraction of sp³-hybridized carbons (Fsp3) is 0.562. The monoisotopic (exact) mass is 277 g/mol. The maximum absolute atomic E-state index is 11.7. The fourth-order valence-electron chi connectivity index (χ4n) is 2.56. The van der Waals surface area contributed by atoms with Crippen LogP contribution in [0.3, 0.4) is 0 Å². The maximum Gasteiger partial charge on any atom is 0.250 e. The first-order valence-electron chi connectivity index (χ1n) is 7.36. The first-order valence-corrected chi connectivity index (χ1v) is 7.36. The Morgan fingerprint density at radius 2 is 1.85 bits per heavy atom. The Labute approximate surface area is 122 Å². The highest BCUT2D eigenvalue weighted by Crippen LogP contribution is 2.28. The molecule has 0 saturated carbocycles. The molecule has 0 aliphatic carbocycles. The van der Waals surface area contributed by atoms with E-state index in [9.17, 15) is 4.79 Å². The molecule has 0 bridgehead atoms. The Morgan fingerprint density at radius 1 is 1.25 bits per heavy atom. The molecule has 0 radical (unpaired) electrons. The van der Waals surface area contributed by atoms with Crippen LogP contribution >= 0.6 is 0 Å². The van der Waals surface area contributed by atoms with Crippen LogP contribution < -0.4 is 16.4 Å². The van der Waals surface area contributed by atoms with Crippen LogP contribution in [0.1, 0.15) is 50.9 Å². The maximum atomic E-state index is 11.7. The summed E-state index contributed by atoms with van der Waals surface area (Å²) in [6.07, 6.45) is 2.05. The number of hydrogen-bond donors (Lipinski definition) is 2. The molecule has 0 saturated heterocycles. The van der Waals surface area contributed by atoms with E-state index in [0.29, 0.717) is 23.2 Å². The Bertz CT molecular complexity index is 453. The largest absolute Gasteiger partial charge is 0.399 e. The molecule has 4 N–H and O–H groups in total. The van der Waals surface area contributed by atoms with Crippen LogP contribution in [0.2, 0.25) is 0 Å². The summed E-state index contributed by atoms with van der Waals surface area (Å²) in [6, 6.07) is 5.70. The van der Waals surface area contributed by atoms with E-state index < -0.39 is 5.91 Å². The number of primary amides is 1. The summed E-state index contributed by atoms with van der Waals surface area (Å²) in [6.45, 7) is 9.56. The zero-order valence-corrected chi connectivity index (χ0v) is 13.0. The average molecular weight is 277 g/mol. The lowest BCUT2D eigenvalue weighted by molar-refractivity contribution is 0.100. The first kappa shape index (κ1) is 16.3. The third-order valence-electron chi connectivity index (χ3n) is 3.54. The van der Waals surface area contributed by atoms with Crippen molar-refractivity contribution < 1.29 is 4.79 Å². The molecule has 0 atom stereocenters. The van der Waals surface area contributed by atoms with Gasteiger partial charge in [-0.05, 0) is 37.0 Å². The molecule has 1 aromatic rings. The van der Waals surface area contributed by atoms with Crippen LogP contribution in [0.5, 0.6) is 0 Å². The molecule has 0 aliphatic rings. The molecule has 0 unspecified atom stereocenters. The Balaban J connectivity index is 3.31. The number of carbonyl (C=O) groups is 1. The van der Waals surface area contributed by atoms with Crippen molar-refractivity contribution in [2.45, 2.75) is 46.6 Å². The summed E-state index contributed by atoms with van der Waals surface area (Å²) in [5, 5.41) is 0. The van der Waals surface area contributed by atoms with E-state index in [1.54, 1.807) is 12.1 Å². The van der Waals surface area contributed by atoms with Crippen molar-refractivity contribution in [3.05, 3.63) is 23.8 Å². The minimum absolute atomic E-state index is 0.386. The van der Waals surface area contributed by atoms with Crippen molar-refractivity contribution in [3.8, 4) is 0 Å². The molecule has 20 heavy (non-hydrogen) atoms. The van der Waals surface area contributed by atoms with E-state index in [1.165, 1.54) is 0 Å². The number of nitrogens with zero attached hydrogens (tertiary/aromatic N) is 1. The molecular weight excluding hydrogens is 250 g/mol. The van der Waals surface area contributed by atoms with Gasteiger partial charge in [0.05, 0.1) is 11.3 Å². The zero-order chi connectivity index (χ0) is 15.3. The fourth-order valence-corrected chi connectivity index (χ4v) is 2.56. The van der Waals surface area contributed by atoms with Crippen molar-refractivity contribution >= 4 is 17.3 Å². The first-order chi connectivity index (χ1) is 9.40. The highest BCUT2D eigenvalue weighted by atomic mass is 16.1. The number of benzene rings is 1. The summed E-state index contributed by atoms with van der Waals surface area (Å²) >= 11 is 0. The molecule has 0 fully saturated rings. The molecule has 0 spiro atoms. The van der Waals surface area contributed by atoms with Gasteiger partial charge < -0.3 is 16.4 Å². The predicted octanol–water partition coefficient (Wildman–Crippen LogP) is 3.02. The highest BCUT2D eigenvalue weighted by molar-refractivity contribution is 5.99. The third-order valence-corrected chi connectivity index (χ3v) is 3.54. The lowest BCUT2D eigenvalue weighted by atomic mass is 10.0. The molecule has 0 heterocycles. The minimum atomic E-state index is -0.403. The van der Waals surface area contributed by atoms with E-state index in [4.69, 9.17) is 11.5 Å². The smallest absolute Gasteiger partial charge is 0.250 e. The number of nitrogen functional groups attached to an aromatic ring is 1.